The number of aliphatic carboxylic acids is 12. The molecule has 0 atom stereocenters. The Morgan fingerprint density at radius 1 is 0.241 bits per heavy atom. The van der Waals surface area contributed by atoms with Gasteiger partial charge in [-0.1, -0.05) is 0 Å². The zero-order valence-corrected chi connectivity index (χ0v) is 48.2. The van der Waals surface area contributed by atoms with Gasteiger partial charge in [0, 0.05) is 0 Å². The first-order valence-corrected chi connectivity index (χ1v) is 25.8. The van der Waals surface area contributed by atoms with E-state index in [0.717, 1.165) is 0 Å². The Morgan fingerprint density at radius 2 is 0.313 bits per heavy atom. The number of phosphoric acid groups is 6. The van der Waals surface area contributed by atoms with Crippen molar-refractivity contribution in [3.63, 3.8) is 0 Å². The summed E-state index contributed by atoms with van der Waals surface area (Å²) in [7, 11) is -34.1. The standard InChI is InChI=1S/4C6H8O7.4Fe.3H4O7P2/c4*7-3(8)1-6(13,5(11)12)2-4(9)10;;;;;3*1-8(2,3)7-9(4,5)6/h4*13H,1-2H2,(H,7,8)(H,9,10)(H,11,12);;;;;3*(H2,1,2,3)(H2,4,5,6)/q;;;;4*+3;;;/p-12. The zero-order chi connectivity index (χ0) is 65.7. The molecule has 0 aliphatic heterocycles. The second kappa shape index (κ2) is 43.9. The average Bonchev–Trinajstić information content (AvgIpc) is 3.05. The maximum absolute atomic E-state index is 10.3. The van der Waals surface area contributed by atoms with E-state index in [0.29, 0.717) is 0 Å². The fraction of sp³-hybridized carbons (Fsp3) is 0.500. The zero-order valence-electron chi connectivity index (χ0n) is 38.4. The van der Waals surface area contributed by atoms with Crippen LogP contribution in [0.5, 0.6) is 0 Å². The summed E-state index contributed by atoms with van der Waals surface area (Å²) in [5, 5.41) is 135. The van der Waals surface area contributed by atoms with Gasteiger partial charge in [0.2, 0.25) is 0 Å². The molecule has 0 heterocycles. The van der Waals surface area contributed by atoms with Crippen LogP contribution in [-0.2, 0) is 166 Å². The third kappa shape index (κ3) is 74.4. The van der Waals surface area contributed by atoms with Crippen molar-refractivity contribution >= 4 is 119 Å². The molecule has 0 aromatic rings. The van der Waals surface area contributed by atoms with Gasteiger partial charge in [-0.3, -0.25) is 38.4 Å². The van der Waals surface area contributed by atoms with Crippen LogP contribution in [0.15, 0.2) is 0 Å². The fourth-order valence-corrected chi connectivity index (χ4v) is 6.16. The van der Waals surface area contributed by atoms with Gasteiger partial charge in [-0.05, 0) is 0 Å². The molecule has 4 radical (unpaired) electrons. The Bertz CT molecular complexity index is 2030. The minimum atomic E-state index is -5.68. The molecule has 484 valence electrons. The van der Waals surface area contributed by atoms with Gasteiger partial charge in [-0.2, -0.15) is 0 Å². The number of carbonyl (C=O) groups is 12. The summed E-state index contributed by atoms with van der Waals surface area (Å²) in [6, 6.07) is 0. The first kappa shape index (κ1) is 104. The molecule has 0 saturated heterocycles. The van der Waals surface area contributed by atoms with Gasteiger partial charge in [-0.25, -0.2) is 19.2 Å². The third-order valence-electron chi connectivity index (χ3n) is 5.74. The van der Waals surface area contributed by atoms with Gasteiger partial charge < -0.3 is 181 Å². The largest absolute Gasteiger partial charge is 3.00 e. The smallest absolute Gasteiger partial charge is 0.790 e. The Labute approximate surface area is 496 Å². The van der Waals surface area contributed by atoms with Crippen molar-refractivity contribution in [3.05, 3.63) is 0 Å². The van der Waals surface area contributed by atoms with Crippen molar-refractivity contribution in [1.82, 2.24) is 0 Å². The first-order valence-electron chi connectivity index (χ1n) is 17.1. The topological polar surface area (TPSA) is 935 Å². The van der Waals surface area contributed by atoms with E-state index in [1.165, 1.54) is 0 Å². The van der Waals surface area contributed by atoms with Crippen LogP contribution in [0.3, 0.4) is 0 Å². The minimum Gasteiger partial charge on any atom is -0.790 e. The fourth-order valence-electron chi connectivity index (χ4n) is 3.22. The van der Waals surface area contributed by atoms with E-state index in [9.17, 15) is 144 Å². The average molecular weight is 1510 g/mol. The predicted molar refractivity (Wildman–Crippen MR) is 197 cm³/mol. The Balaban J connectivity index is -0.0000000808. The Morgan fingerprint density at radius 3 is 0.337 bits per heavy atom. The van der Waals surface area contributed by atoms with E-state index in [1.807, 2.05) is 0 Å². The molecule has 0 aliphatic rings. The van der Waals surface area contributed by atoms with Crippen LogP contribution >= 0.6 is 46.9 Å². The van der Waals surface area contributed by atoms with E-state index in [1.54, 1.807) is 0 Å². The van der Waals surface area contributed by atoms with Crippen LogP contribution in [0.25, 0.3) is 0 Å². The minimum absolute atomic E-state index is 0. The maximum Gasteiger partial charge on any atom is 3.00 e. The van der Waals surface area contributed by atoms with Crippen LogP contribution in [0.4, 0.5) is 0 Å². The predicted octanol–water partition coefficient (Wildman–Crippen LogP) is -15.0. The van der Waals surface area contributed by atoms with Gasteiger partial charge >= 0.3 is 140 Å². The molecule has 59 heteroatoms. The van der Waals surface area contributed by atoms with Gasteiger partial charge in [-0.15, -0.1) is 0 Å². The second-order valence-electron chi connectivity index (χ2n) is 12.8. The maximum atomic E-state index is 10.3. The second-order valence-corrected chi connectivity index (χ2v) is 20.2. The van der Waals surface area contributed by atoms with E-state index in [4.69, 9.17) is 81.7 Å². The van der Waals surface area contributed by atoms with Gasteiger partial charge in [0.15, 0.2) is 22.4 Å². The molecule has 0 aromatic carbocycles. The normalized spacial score (nSPS) is 11.3. The molecule has 0 amide bonds. The quantitative estimate of drug-likeness (QED) is 0.0282. The van der Waals surface area contributed by atoms with Crippen molar-refractivity contribution in [1.29, 1.82) is 0 Å². The van der Waals surface area contributed by atoms with Crippen LogP contribution in [0.1, 0.15) is 51.4 Å². The molecule has 0 unspecified atom stereocenters. The van der Waals surface area contributed by atoms with E-state index in [2.05, 4.69) is 12.9 Å². The van der Waals surface area contributed by atoms with Crippen LogP contribution < -0.4 is 58.7 Å². The molecule has 0 aliphatic carbocycles. The summed E-state index contributed by atoms with van der Waals surface area (Å²) in [4.78, 5) is 234. The number of hydrogen-bond donors (Lipinski definition) is 16. The van der Waals surface area contributed by atoms with Gasteiger partial charge in [0.25, 0.3) is 0 Å². The Kier molecular flexibility index (Phi) is 55.1. The molecule has 0 fully saturated rings. The van der Waals surface area contributed by atoms with Crippen molar-refractivity contribution in [2.75, 3.05) is 0 Å². The summed E-state index contributed by atoms with van der Waals surface area (Å²) >= 11 is 0. The molecule has 0 bridgehead atoms. The van der Waals surface area contributed by atoms with E-state index >= 15 is 0 Å². The van der Waals surface area contributed by atoms with Crippen molar-refractivity contribution < 1.29 is 307 Å². The number of aliphatic hydroxyl groups is 4. The Hall–Kier alpha value is -3.66. The molecule has 0 rings (SSSR count). The molecule has 0 aromatic heterocycles. The summed E-state index contributed by atoms with van der Waals surface area (Å²) < 4.78 is 63.5. The van der Waals surface area contributed by atoms with Crippen molar-refractivity contribution in [2.24, 2.45) is 0 Å². The van der Waals surface area contributed by atoms with Gasteiger partial charge in [0.05, 0.1) is 98.3 Å². The SMILES string of the molecule is O=C(O)CC(O)(CC(=O)O)C(=O)O.O=C(O)CC(O)(CC(=O)O)C(=O)O.O=C(O)CC(O)(CC(=O)O)C(=O)O.O=C(O)CC(O)(CC(=O)O)C(=O)O.O=P([O-])([O-])OP(=O)([O-])[O-].O=P([O-])([O-])OP(=O)([O-])[O-].O=P([O-])([O-])OP(=O)([O-])[O-].[Fe+3].[Fe+3].[Fe+3].[Fe+3]. The molecule has 0 saturated carbocycles. The number of rotatable bonds is 26. The van der Waals surface area contributed by atoms with Gasteiger partial charge in [0.1, 0.15) is 0 Å². The van der Waals surface area contributed by atoms with Crippen molar-refractivity contribution in [2.45, 2.75) is 73.8 Å². The molecule has 16 N–H and O–H groups in total. The monoisotopic (exact) mass is 1510 g/mol. The number of carboxylic acid groups (broad SMARTS) is 12. The van der Waals surface area contributed by atoms with Crippen LogP contribution in [0.2, 0.25) is 0 Å². The van der Waals surface area contributed by atoms with E-state index < -0.39 is 192 Å². The van der Waals surface area contributed by atoms with Crippen LogP contribution in [0, 0.1) is 0 Å². The third-order valence-corrected chi connectivity index (χ3v) is 10.5. The summed E-state index contributed by atoms with van der Waals surface area (Å²) in [6.07, 6.45) is -9.15. The van der Waals surface area contributed by atoms with Crippen LogP contribution in [-0.4, -0.2) is 176 Å². The molecule has 49 nitrogen and oxygen atoms in total. The molecule has 0 spiro atoms. The molecular formula is C24H32Fe4O49P6. The first-order chi connectivity index (χ1) is 34.2. The van der Waals surface area contributed by atoms with E-state index in [-0.39, 0.29) is 68.3 Å². The number of carboxylic acids is 12. The summed E-state index contributed by atoms with van der Waals surface area (Å²) in [5.74, 6) is -20.1. The molecular weight excluding hydrogens is 1480 g/mol. The van der Waals surface area contributed by atoms with Crippen molar-refractivity contribution in [3.8, 4) is 0 Å². The summed E-state index contributed by atoms with van der Waals surface area (Å²) in [5.41, 5.74) is -11.0. The number of hydrogen-bond acceptors (Lipinski definition) is 37. The molecule has 83 heavy (non-hydrogen) atoms. The summed E-state index contributed by atoms with van der Waals surface area (Å²) in [6.45, 7) is 0.